The monoisotopic (exact) mass is 305 g/mol. The lowest BCUT2D eigenvalue weighted by atomic mass is 10.1. The summed E-state index contributed by atoms with van der Waals surface area (Å²) in [7, 11) is -2.93. The van der Waals surface area contributed by atoms with Gasteiger partial charge in [-0.05, 0) is 18.1 Å². The maximum absolute atomic E-state index is 11.5. The first-order valence-corrected chi connectivity index (χ1v) is 8.81. The summed E-state index contributed by atoms with van der Waals surface area (Å²) in [4.78, 5) is 4.42. The molecule has 1 N–H and O–H groups in total. The summed E-state index contributed by atoms with van der Waals surface area (Å²) in [5.41, 5.74) is 2.32. The molecule has 0 aliphatic carbocycles. The van der Waals surface area contributed by atoms with E-state index >= 15 is 0 Å². The van der Waals surface area contributed by atoms with Gasteiger partial charge in [-0.25, -0.2) is 8.42 Å². The van der Waals surface area contributed by atoms with E-state index < -0.39 is 9.84 Å². The number of para-hydroxylation sites is 1. The summed E-state index contributed by atoms with van der Waals surface area (Å²) in [6.45, 7) is 0. The Hall–Kier alpha value is -1.89. The molecular formula is C14H15N3O3S. The van der Waals surface area contributed by atoms with Crippen LogP contribution in [0.3, 0.4) is 0 Å². The molecule has 2 aliphatic rings. The number of fused-ring (bicyclic) bond motifs is 1. The van der Waals surface area contributed by atoms with Crippen LogP contribution in [0, 0.1) is 0 Å². The third kappa shape index (κ3) is 2.31. The first kappa shape index (κ1) is 12.8. The van der Waals surface area contributed by atoms with Crippen LogP contribution in [0.4, 0.5) is 5.69 Å². The van der Waals surface area contributed by atoms with Crippen LogP contribution in [0.1, 0.15) is 35.7 Å². The molecule has 1 aromatic heterocycles. The molecule has 0 spiro atoms. The Balaban J connectivity index is 1.54. The number of sulfone groups is 1. The number of benzene rings is 1. The summed E-state index contributed by atoms with van der Waals surface area (Å²) in [6, 6.07) is 8.06. The number of aromatic nitrogens is 2. The minimum atomic E-state index is -2.93. The molecule has 3 heterocycles. The van der Waals surface area contributed by atoms with Gasteiger partial charge < -0.3 is 9.84 Å². The minimum Gasteiger partial charge on any atom is -0.373 e. The molecule has 0 saturated carbocycles. The average Bonchev–Trinajstić information content (AvgIpc) is 3.14. The van der Waals surface area contributed by atoms with Gasteiger partial charge in [-0.15, -0.1) is 0 Å². The lowest BCUT2D eigenvalue weighted by Gasteiger charge is -2.04. The minimum absolute atomic E-state index is 0.0262. The topological polar surface area (TPSA) is 85.1 Å². The van der Waals surface area contributed by atoms with E-state index in [1.54, 1.807) is 0 Å². The first-order chi connectivity index (χ1) is 10.1. The molecule has 2 aromatic rings. The molecule has 2 aliphatic heterocycles. The fourth-order valence-electron chi connectivity index (χ4n) is 3.00. The smallest absolute Gasteiger partial charge is 0.249 e. The highest BCUT2D eigenvalue weighted by atomic mass is 32.2. The summed E-state index contributed by atoms with van der Waals surface area (Å²) in [6.07, 6.45) is 1.39. The summed E-state index contributed by atoms with van der Waals surface area (Å²) in [5, 5.41) is 7.34. The predicted molar refractivity (Wildman–Crippen MR) is 76.8 cm³/mol. The second-order valence-corrected chi connectivity index (χ2v) is 7.88. The highest BCUT2D eigenvalue weighted by Gasteiger charge is 2.34. The van der Waals surface area contributed by atoms with Crippen molar-refractivity contribution in [2.45, 2.75) is 24.8 Å². The second-order valence-electron chi connectivity index (χ2n) is 5.65. The third-order valence-electron chi connectivity index (χ3n) is 4.12. The zero-order valence-corrected chi connectivity index (χ0v) is 12.1. The number of rotatable bonds is 2. The van der Waals surface area contributed by atoms with Crippen LogP contribution in [-0.4, -0.2) is 30.1 Å². The van der Waals surface area contributed by atoms with Crippen LogP contribution in [0.2, 0.25) is 0 Å². The van der Waals surface area contributed by atoms with E-state index in [2.05, 4.69) is 21.5 Å². The quantitative estimate of drug-likeness (QED) is 0.908. The van der Waals surface area contributed by atoms with Crippen LogP contribution in [0.15, 0.2) is 28.8 Å². The van der Waals surface area contributed by atoms with E-state index in [0.29, 0.717) is 18.1 Å². The van der Waals surface area contributed by atoms with Gasteiger partial charge in [0.1, 0.15) is 6.04 Å². The standard InChI is InChI=1S/C14H15N3O3S/c18-21(19)6-5-10(8-21)13-16-14(20-17-13)12-7-9-3-1-2-4-11(9)15-12/h1-4,10,12,15H,5-8H2. The predicted octanol–water partition coefficient (Wildman–Crippen LogP) is 1.68. The zero-order chi connectivity index (χ0) is 14.4. The Kier molecular flexibility index (Phi) is 2.78. The number of nitrogens with zero attached hydrogens (tertiary/aromatic N) is 2. The highest BCUT2D eigenvalue weighted by Crippen LogP contribution is 2.34. The van der Waals surface area contributed by atoms with Crippen molar-refractivity contribution < 1.29 is 12.9 Å². The molecule has 2 unspecified atom stereocenters. The SMILES string of the molecule is O=S1(=O)CCC(c2noc(C3Cc4ccccc4N3)n2)C1. The van der Waals surface area contributed by atoms with Crippen molar-refractivity contribution >= 4 is 15.5 Å². The van der Waals surface area contributed by atoms with Crippen molar-refractivity contribution in [3.05, 3.63) is 41.5 Å². The van der Waals surface area contributed by atoms with Crippen LogP contribution in [0.25, 0.3) is 0 Å². The van der Waals surface area contributed by atoms with E-state index in [0.717, 1.165) is 12.1 Å². The van der Waals surface area contributed by atoms with E-state index in [1.165, 1.54) is 5.56 Å². The van der Waals surface area contributed by atoms with Gasteiger partial charge in [0.2, 0.25) is 5.89 Å². The van der Waals surface area contributed by atoms with Gasteiger partial charge in [0, 0.05) is 18.0 Å². The molecule has 1 fully saturated rings. The molecule has 0 radical (unpaired) electrons. The van der Waals surface area contributed by atoms with Crippen molar-refractivity contribution in [2.75, 3.05) is 16.8 Å². The van der Waals surface area contributed by atoms with Crippen molar-refractivity contribution in [3.63, 3.8) is 0 Å². The van der Waals surface area contributed by atoms with Gasteiger partial charge in [-0.3, -0.25) is 0 Å². The highest BCUT2D eigenvalue weighted by molar-refractivity contribution is 7.91. The molecule has 0 bridgehead atoms. The van der Waals surface area contributed by atoms with Crippen molar-refractivity contribution in [1.29, 1.82) is 0 Å². The van der Waals surface area contributed by atoms with Crippen LogP contribution in [0.5, 0.6) is 0 Å². The fraction of sp³-hybridized carbons (Fsp3) is 0.429. The molecule has 6 nitrogen and oxygen atoms in total. The number of hydrogen-bond acceptors (Lipinski definition) is 6. The van der Waals surface area contributed by atoms with E-state index in [4.69, 9.17) is 4.52 Å². The van der Waals surface area contributed by atoms with Crippen molar-refractivity contribution in [1.82, 2.24) is 10.1 Å². The average molecular weight is 305 g/mol. The molecule has 110 valence electrons. The zero-order valence-electron chi connectivity index (χ0n) is 11.3. The normalized spacial score (nSPS) is 26.5. The maximum atomic E-state index is 11.5. The van der Waals surface area contributed by atoms with Crippen LogP contribution < -0.4 is 5.32 Å². The summed E-state index contributed by atoms with van der Waals surface area (Å²) >= 11 is 0. The molecule has 21 heavy (non-hydrogen) atoms. The molecule has 1 aromatic carbocycles. The molecule has 2 atom stereocenters. The van der Waals surface area contributed by atoms with E-state index in [1.807, 2.05) is 18.2 Å². The van der Waals surface area contributed by atoms with E-state index in [-0.39, 0.29) is 23.5 Å². The summed E-state index contributed by atoms with van der Waals surface area (Å²) < 4.78 is 28.4. The first-order valence-electron chi connectivity index (χ1n) is 6.99. The molecule has 0 amide bonds. The second kappa shape index (κ2) is 4.56. The Morgan fingerprint density at radius 2 is 2.14 bits per heavy atom. The van der Waals surface area contributed by atoms with E-state index in [9.17, 15) is 8.42 Å². The molecule has 4 rings (SSSR count). The Bertz CT molecular complexity index is 759. The lowest BCUT2D eigenvalue weighted by molar-refractivity contribution is 0.357. The Labute approximate surface area is 122 Å². The van der Waals surface area contributed by atoms with Gasteiger partial charge in [0.05, 0.1) is 11.5 Å². The number of anilines is 1. The van der Waals surface area contributed by atoms with Crippen LogP contribution >= 0.6 is 0 Å². The molecule has 1 saturated heterocycles. The molecule has 7 heteroatoms. The van der Waals surface area contributed by atoms with Gasteiger partial charge in [0.15, 0.2) is 15.7 Å². The Morgan fingerprint density at radius 3 is 2.90 bits per heavy atom. The van der Waals surface area contributed by atoms with Gasteiger partial charge >= 0.3 is 0 Å². The van der Waals surface area contributed by atoms with Crippen LogP contribution in [-0.2, 0) is 16.3 Å². The number of hydrogen-bond donors (Lipinski definition) is 1. The summed E-state index contributed by atoms with van der Waals surface area (Å²) in [5.74, 6) is 1.27. The largest absolute Gasteiger partial charge is 0.373 e. The van der Waals surface area contributed by atoms with Gasteiger partial charge in [-0.2, -0.15) is 4.98 Å². The van der Waals surface area contributed by atoms with Gasteiger partial charge in [-0.1, -0.05) is 23.4 Å². The molecular weight excluding hydrogens is 290 g/mol. The lowest BCUT2D eigenvalue weighted by Crippen LogP contribution is -2.08. The van der Waals surface area contributed by atoms with Gasteiger partial charge in [0.25, 0.3) is 0 Å². The fourth-order valence-corrected chi connectivity index (χ4v) is 4.74. The third-order valence-corrected chi connectivity index (χ3v) is 5.89. The number of nitrogens with one attached hydrogen (secondary N) is 1. The Morgan fingerprint density at radius 1 is 1.29 bits per heavy atom. The van der Waals surface area contributed by atoms with Crippen molar-refractivity contribution in [3.8, 4) is 0 Å². The maximum Gasteiger partial charge on any atom is 0.249 e. The van der Waals surface area contributed by atoms with Crippen molar-refractivity contribution in [2.24, 2.45) is 0 Å².